The van der Waals surface area contributed by atoms with Gasteiger partial charge in [0.05, 0.1) is 13.1 Å². The summed E-state index contributed by atoms with van der Waals surface area (Å²) in [5, 5.41) is 5.65. The SMILES string of the molecule is CC(C)c1ccc(NC(=O)CN2CCN(CC(=O)Nc3cccc(F)c3)CC2)cc1. The van der Waals surface area contributed by atoms with Crippen LogP contribution in [0.2, 0.25) is 0 Å². The van der Waals surface area contributed by atoms with Crippen molar-refractivity contribution in [3.63, 3.8) is 0 Å². The monoisotopic (exact) mass is 412 g/mol. The first kappa shape index (κ1) is 21.9. The van der Waals surface area contributed by atoms with Gasteiger partial charge in [-0.15, -0.1) is 0 Å². The first-order chi connectivity index (χ1) is 14.4. The zero-order chi connectivity index (χ0) is 21.5. The molecule has 7 heteroatoms. The number of anilines is 2. The zero-order valence-corrected chi connectivity index (χ0v) is 17.5. The van der Waals surface area contributed by atoms with Gasteiger partial charge in [-0.05, 0) is 41.8 Å². The van der Waals surface area contributed by atoms with Crippen molar-refractivity contribution in [2.75, 3.05) is 49.9 Å². The topological polar surface area (TPSA) is 64.7 Å². The average Bonchev–Trinajstić information content (AvgIpc) is 2.70. The number of halogens is 1. The summed E-state index contributed by atoms with van der Waals surface area (Å²) in [5.41, 5.74) is 2.50. The van der Waals surface area contributed by atoms with Gasteiger partial charge in [0.25, 0.3) is 0 Å². The van der Waals surface area contributed by atoms with E-state index < -0.39 is 0 Å². The van der Waals surface area contributed by atoms with Crippen LogP contribution in [0.5, 0.6) is 0 Å². The number of carbonyl (C=O) groups is 2. The Labute approximate surface area is 177 Å². The summed E-state index contributed by atoms with van der Waals surface area (Å²) >= 11 is 0. The molecule has 30 heavy (non-hydrogen) atoms. The third-order valence-electron chi connectivity index (χ3n) is 5.17. The smallest absolute Gasteiger partial charge is 0.238 e. The molecule has 1 aliphatic rings. The number of nitrogens with one attached hydrogen (secondary N) is 2. The summed E-state index contributed by atoms with van der Waals surface area (Å²) < 4.78 is 13.2. The molecule has 0 bridgehead atoms. The number of rotatable bonds is 7. The van der Waals surface area contributed by atoms with Crippen LogP contribution in [0, 0.1) is 5.82 Å². The Morgan fingerprint density at radius 3 is 1.90 bits per heavy atom. The lowest BCUT2D eigenvalue weighted by molar-refractivity contribution is -0.120. The first-order valence-corrected chi connectivity index (χ1v) is 10.3. The van der Waals surface area contributed by atoms with Crippen LogP contribution >= 0.6 is 0 Å². The van der Waals surface area contributed by atoms with Crippen molar-refractivity contribution in [3.05, 3.63) is 59.9 Å². The first-order valence-electron chi connectivity index (χ1n) is 10.3. The van der Waals surface area contributed by atoms with Gasteiger partial charge in [0.15, 0.2) is 0 Å². The molecule has 2 N–H and O–H groups in total. The molecule has 2 aromatic rings. The largest absolute Gasteiger partial charge is 0.325 e. The van der Waals surface area contributed by atoms with Crippen molar-refractivity contribution in [2.45, 2.75) is 19.8 Å². The van der Waals surface area contributed by atoms with Crippen LogP contribution in [0.25, 0.3) is 0 Å². The second kappa shape index (κ2) is 10.3. The van der Waals surface area contributed by atoms with Crippen molar-refractivity contribution in [1.82, 2.24) is 9.80 Å². The lowest BCUT2D eigenvalue weighted by Crippen LogP contribution is -2.50. The standard InChI is InChI=1S/C23H29FN4O2/c1-17(2)18-6-8-20(9-7-18)25-22(29)15-27-10-12-28(13-11-27)16-23(30)26-21-5-3-4-19(24)14-21/h3-9,14,17H,10-13,15-16H2,1-2H3,(H,25,29)(H,26,30). The molecule has 0 spiro atoms. The Bertz CT molecular complexity index is 862. The minimum absolute atomic E-state index is 0.0374. The summed E-state index contributed by atoms with van der Waals surface area (Å²) in [6.45, 7) is 7.68. The van der Waals surface area contributed by atoms with Crippen LogP contribution in [0.4, 0.5) is 15.8 Å². The molecule has 3 rings (SSSR count). The highest BCUT2D eigenvalue weighted by molar-refractivity contribution is 5.92. The van der Waals surface area contributed by atoms with Gasteiger partial charge >= 0.3 is 0 Å². The number of benzene rings is 2. The van der Waals surface area contributed by atoms with E-state index >= 15 is 0 Å². The third-order valence-corrected chi connectivity index (χ3v) is 5.17. The molecule has 0 aromatic heterocycles. The molecule has 0 saturated carbocycles. The van der Waals surface area contributed by atoms with E-state index in [1.165, 1.54) is 17.7 Å². The molecule has 0 radical (unpaired) electrons. The second-order valence-electron chi connectivity index (χ2n) is 7.94. The molecular formula is C23H29FN4O2. The van der Waals surface area contributed by atoms with Crippen LogP contribution in [-0.4, -0.2) is 60.9 Å². The zero-order valence-electron chi connectivity index (χ0n) is 17.5. The molecule has 2 aromatic carbocycles. The molecule has 1 aliphatic heterocycles. The number of piperazine rings is 1. The lowest BCUT2D eigenvalue weighted by atomic mass is 10.0. The van der Waals surface area contributed by atoms with E-state index in [0.717, 1.165) is 5.69 Å². The number of hydrogen-bond donors (Lipinski definition) is 2. The maximum absolute atomic E-state index is 13.2. The van der Waals surface area contributed by atoms with Gasteiger partial charge in [0.1, 0.15) is 5.82 Å². The molecule has 1 fully saturated rings. The normalized spacial score (nSPS) is 15.2. The predicted octanol–water partition coefficient (Wildman–Crippen LogP) is 3.14. The van der Waals surface area contributed by atoms with E-state index in [1.807, 2.05) is 29.2 Å². The molecular weight excluding hydrogens is 383 g/mol. The Kier molecular flexibility index (Phi) is 7.54. The van der Waals surface area contributed by atoms with Gasteiger partial charge in [-0.2, -0.15) is 0 Å². The van der Waals surface area contributed by atoms with Gasteiger partial charge < -0.3 is 10.6 Å². The number of nitrogens with zero attached hydrogens (tertiary/aromatic N) is 2. The summed E-state index contributed by atoms with van der Waals surface area (Å²) in [4.78, 5) is 28.6. The van der Waals surface area contributed by atoms with Crippen molar-refractivity contribution in [2.24, 2.45) is 0 Å². The summed E-state index contributed by atoms with van der Waals surface area (Å²) in [6.07, 6.45) is 0. The highest BCUT2D eigenvalue weighted by Gasteiger charge is 2.20. The highest BCUT2D eigenvalue weighted by atomic mass is 19.1. The second-order valence-corrected chi connectivity index (χ2v) is 7.94. The molecule has 0 unspecified atom stereocenters. The highest BCUT2D eigenvalue weighted by Crippen LogP contribution is 2.17. The number of carbonyl (C=O) groups excluding carboxylic acids is 2. The fourth-order valence-corrected chi connectivity index (χ4v) is 3.43. The third kappa shape index (κ3) is 6.64. The van der Waals surface area contributed by atoms with Crippen LogP contribution < -0.4 is 10.6 Å². The van der Waals surface area contributed by atoms with Gasteiger partial charge in [0.2, 0.25) is 11.8 Å². The Balaban J connectivity index is 1.38. The van der Waals surface area contributed by atoms with Gasteiger partial charge in [0, 0.05) is 37.6 Å². The number of hydrogen-bond acceptors (Lipinski definition) is 4. The van der Waals surface area contributed by atoms with Crippen molar-refractivity contribution in [1.29, 1.82) is 0 Å². The van der Waals surface area contributed by atoms with Gasteiger partial charge in [-0.3, -0.25) is 19.4 Å². The molecule has 0 atom stereocenters. The van der Waals surface area contributed by atoms with Gasteiger partial charge in [-0.1, -0.05) is 32.0 Å². The fourth-order valence-electron chi connectivity index (χ4n) is 3.43. The molecule has 1 saturated heterocycles. The molecule has 2 amide bonds. The quantitative estimate of drug-likeness (QED) is 0.733. The van der Waals surface area contributed by atoms with E-state index in [9.17, 15) is 14.0 Å². The summed E-state index contributed by atoms with van der Waals surface area (Å²) in [6, 6.07) is 13.8. The fraction of sp³-hybridized carbons (Fsp3) is 0.391. The Morgan fingerprint density at radius 1 is 0.867 bits per heavy atom. The molecule has 1 heterocycles. The maximum Gasteiger partial charge on any atom is 0.238 e. The van der Waals surface area contributed by atoms with Crippen LogP contribution in [0.3, 0.4) is 0 Å². The minimum Gasteiger partial charge on any atom is -0.325 e. The van der Waals surface area contributed by atoms with E-state index in [1.54, 1.807) is 12.1 Å². The van der Waals surface area contributed by atoms with Crippen LogP contribution in [-0.2, 0) is 9.59 Å². The van der Waals surface area contributed by atoms with E-state index in [4.69, 9.17) is 0 Å². The van der Waals surface area contributed by atoms with Gasteiger partial charge in [-0.25, -0.2) is 4.39 Å². The summed E-state index contributed by atoms with van der Waals surface area (Å²) in [7, 11) is 0. The Hall–Kier alpha value is -2.77. The van der Waals surface area contributed by atoms with Crippen molar-refractivity contribution in [3.8, 4) is 0 Å². The molecule has 160 valence electrons. The number of amides is 2. The predicted molar refractivity (Wildman–Crippen MR) is 117 cm³/mol. The molecule has 0 aliphatic carbocycles. The van der Waals surface area contributed by atoms with E-state index in [2.05, 4.69) is 29.4 Å². The van der Waals surface area contributed by atoms with E-state index in [-0.39, 0.29) is 24.2 Å². The van der Waals surface area contributed by atoms with Crippen molar-refractivity contribution >= 4 is 23.2 Å². The van der Waals surface area contributed by atoms with Crippen molar-refractivity contribution < 1.29 is 14.0 Å². The average molecular weight is 413 g/mol. The Morgan fingerprint density at radius 2 is 1.40 bits per heavy atom. The maximum atomic E-state index is 13.2. The minimum atomic E-state index is -0.379. The summed E-state index contributed by atoms with van der Waals surface area (Å²) in [5.74, 6) is -0.126. The van der Waals surface area contributed by atoms with Crippen LogP contribution in [0.15, 0.2) is 48.5 Å². The van der Waals surface area contributed by atoms with E-state index in [0.29, 0.717) is 44.3 Å². The van der Waals surface area contributed by atoms with Crippen LogP contribution in [0.1, 0.15) is 25.3 Å². The molecule has 6 nitrogen and oxygen atoms in total. The lowest BCUT2D eigenvalue weighted by Gasteiger charge is -2.33.